The van der Waals surface area contributed by atoms with Crippen molar-refractivity contribution in [1.82, 2.24) is 5.43 Å². The average molecular weight is 166 g/mol. The quantitative estimate of drug-likeness (QED) is 0.487. The van der Waals surface area contributed by atoms with E-state index in [4.69, 9.17) is 5.84 Å². The zero-order valence-electron chi connectivity index (χ0n) is 6.68. The van der Waals surface area contributed by atoms with Crippen LogP contribution in [0, 0.1) is 5.82 Å². The van der Waals surface area contributed by atoms with Crippen LogP contribution in [0.3, 0.4) is 0 Å². The summed E-state index contributed by atoms with van der Waals surface area (Å²) < 4.78 is 13.1. The average Bonchev–Trinajstić information content (AvgIpc) is 2.49. The van der Waals surface area contributed by atoms with Crippen LogP contribution in [0.2, 0.25) is 0 Å². The molecule has 3 heteroatoms. The summed E-state index contributed by atoms with van der Waals surface area (Å²) in [5, 5.41) is 0. The molecule has 2 rings (SSSR count). The Hall–Kier alpha value is -0.930. The Morgan fingerprint density at radius 2 is 2.33 bits per heavy atom. The third-order valence-corrected chi connectivity index (χ3v) is 2.41. The fraction of sp³-hybridized carbons (Fsp3) is 0.333. The SMILES string of the molecule is NN[C@@H]1CCc2c(F)cccc21. The smallest absolute Gasteiger partial charge is 0.126 e. The Bertz CT molecular complexity index is 299. The molecule has 1 atom stereocenters. The first-order valence-electron chi connectivity index (χ1n) is 4.06. The topological polar surface area (TPSA) is 38.0 Å². The zero-order chi connectivity index (χ0) is 8.55. The maximum absolute atomic E-state index is 13.1. The number of hydrogen-bond acceptors (Lipinski definition) is 2. The fourth-order valence-electron chi connectivity index (χ4n) is 1.78. The molecule has 0 unspecified atom stereocenters. The predicted octanol–water partition coefficient (Wildman–Crippen LogP) is 1.28. The van der Waals surface area contributed by atoms with E-state index in [9.17, 15) is 4.39 Å². The van der Waals surface area contributed by atoms with Crippen LogP contribution >= 0.6 is 0 Å². The summed E-state index contributed by atoms with van der Waals surface area (Å²) in [6, 6.07) is 5.29. The van der Waals surface area contributed by atoms with E-state index < -0.39 is 0 Å². The summed E-state index contributed by atoms with van der Waals surface area (Å²) in [5.74, 6) is 5.22. The van der Waals surface area contributed by atoms with Gasteiger partial charge in [-0.15, -0.1) is 0 Å². The number of hydrogen-bond donors (Lipinski definition) is 2. The number of hydrazine groups is 1. The van der Waals surface area contributed by atoms with Crippen LogP contribution in [0.4, 0.5) is 4.39 Å². The fourth-order valence-corrected chi connectivity index (χ4v) is 1.78. The maximum Gasteiger partial charge on any atom is 0.126 e. The number of nitrogens with one attached hydrogen (secondary N) is 1. The third kappa shape index (κ3) is 1.02. The van der Waals surface area contributed by atoms with Crippen LogP contribution in [0.1, 0.15) is 23.6 Å². The predicted molar refractivity (Wildman–Crippen MR) is 44.8 cm³/mol. The molecule has 0 saturated heterocycles. The van der Waals surface area contributed by atoms with Crippen molar-refractivity contribution in [1.29, 1.82) is 0 Å². The van der Waals surface area contributed by atoms with Crippen molar-refractivity contribution in [3.05, 3.63) is 35.1 Å². The van der Waals surface area contributed by atoms with E-state index >= 15 is 0 Å². The van der Waals surface area contributed by atoms with Gasteiger partial charge in [-0.3, -0.25) is 11.3 Å². The maximum atomic E-state index is 13.1. The van der Waals surface area contributed by atoms with Crippen molar-refractivity contribution in [3.8, 4) is 0 Å². The summed E-state index contributed by atoms with van der Waals surface area (Å²) in [5.41, 5.74) is 4.51. The van der Waals surface area contributed by atoms with Gasteiger partial charge in [0.15, 0.2) is 0 Å². The van der Waals surface area contributed by atoms with Gasteiger partial charge in [-0.2, -0.15) is 0 Å². The van der Waals surface area contributed by atoms with Gasteiger partial charge >= 0.3 is 0 Å². The second-order valence-corrected chi connectivity index (χ2v) is 3.07. The Morgan fingerprint density at radius 1 is 1.50 bits per heavy atom. The Balaban J connectivity index is 2.46. The van der Waals surface area contributed by atoms with Gasteiger partial charge in [0.05, 0.1) is 0 Å². The van der Waals surface area contributed by atoms with Crippen molar-refractivity contribution in [2.24, 2.45) is 5.84 Å². The van der Waals surface area contributed by atoms with Crippen molar-refractivity contribution in [3.63, 3.8) is 0 Å². The molecule has 1 aromatic carbocycles. The highest BCUT2D eigenvalue weighted by molar-refractivity contribution is 5.35. The largest absolute Gasteiger partial charge is 0.271 e. The highest BCUT2D eigenvalue weighted by atomic mass is 19.1. The molecule has 0 spiro atoms. The minimum Gasteiger partial charge on any atom is -0.271 e. The van der Waals surface area contributed by atoms with Crippen LogP contribution in [0.5, 0.6) is 0 Å². The van der Waals surface area contributed by atoms with Crippen LogP contribution in [-0.4, -0.2) is 0 Å². The van der Waals surface area contributed by atoms with E-state index in [-0.39, 0.29) is 11.9 Å². The first-order valence-corrected chi connectivity index (χ1v) is 4.06. The lowest BCUT2D eigenvalue weighted by Crippen LogP contribution is -2.26. The Labute approximate surface area is 70.5 Å². The molecule has 64 valence electrons. The lowest BCUT2D eigenvalue weighted by molar-refractivity contribution is 0.551. The van der Waals surface area contributed by atoms with Gasteiger partial charge in [0.25, 0.3) is 0 Å². The highest BCUT2D eigenvalue weighted by Crippen LogP contribution is 2.31. The highest BCUT2D eigenvalue weighted by Gasteiger charge is 2.23. The van der Waals surface area contributed by atoms with Crippen molar-refractivity contribution in [2.45, 2.75) is 18.9 Å². The summed E-state index contributed by atoms with van der Waals surface area (Å²) >= 11 is 0. The molecule has 2 nitrogen and oxygen atoms in total. The molecule has 0 heterocycles. The second-order valence-electron chi connectivity index (χ2n) is 3.07. The molecule has 0 amide bonds. The second kappa shape index (κ2) is 2.84. The number of benzene rings is 1. The molecule has 0 aromatic heterocycles. The van der Waals surface area contributed by atoms with Crippen LogP contribution < -0.4 is 11.3 Å². The number of halogens is 1. The molecular weight excluding hydrogens is 155 g/mol. The van der Waals surface area contributed by atoms with E-state index in [2.05, 4.69) is 5.43 Å². The summed E-state index contributed by atoms with van der Waals surface area (Å²) in [4.78, 5) is 0. The monoisotopic (exact) mass is 166 g/mol. The van der Waals surface area contributed by atoms with E-state index in [1.807, 2.05) is 6.07 Å². The van der Waals surface area contributed by atoms with Gasteiger partial charge in [-0.05, 0) is 30.0 Å². The van der Waals surface area contributed by atoms with Gasteiger partial charge in [-0.25, -0.2) is 4.39 Å². The Morgan fingerprint density at radius 3 is 3.08 bits per heavy atom. The minimum absolute atomic E-state index is 0.106. The molecule has 1 aliphatic rings. The molecule has 0 fully saturated rings. The standard InChI is InChI=1S/C9H11FN2/c10-8-3-1-2-7-6(8)4-5-9(7)12-11/h1-3,9,12H,4-5,11H2/t9-/m1/s1. The molecule has 0 bridgehead atoms. The molecular formula is C9H11FN2. The minimum atomic E-state index is -0.106. The summed E-state index contributed by atoms with van der Waals surface area (Å²) in [6.45, 7) is 0. The summed E-state index contributed by atoms with van der Waals surface area (Å²) in [7, 11) is 0. The molecule has 3 N–H and O–H groups in total. The third-order valence-electron chi connectivity index (χ3n) is 2.41. The first kappa shape index (κ1) is 7.71. The molecule has 0 aliphatic heterocycles. The first-order chi connectivity index (χ1) is 5.83. The molecule has 0 saturated carbocycles. The molecule has 1 aromatic rings. The van der Waals surface area contributed by atoms with Gasteiger partial charge in [0.2, 0.25) is 0 Å². The number of fused-ring (bicyclic) bond motifs is 1. The number of nitrogens with two attached hydrogens (primary N) is 1. The van der Waals surface area contributed by atoms with Crippen molar-refractivity contribution in [2.75, 3.05) is 0 Å². The van der Waals surface area contributed by atoms with E-state index in [0.717, 1.165) is 24.0 Å². The normalized spacial score (nSPS) is 21.0. The summed E-state index contributed by atoms with van der Waals surface area (Å²) in [6.07, 6.45) is 1.68. The lowest BCUT2D eigenvalue weighted by Gasteiger charge is -2.08. The van der Waals surface area contributed by atoms with Gasteiger partial charge < -0.3 is 0 Å². The molecule has 0 radical (unpaired) electrons. The van der Waals surface area contributed by atoms with Crippen LogP contribution in [0.25, 0.3) is 0 Å². The van der Waals surface area contributed by atoms with E-state index in [1.165, 1.54) is 6.07 Å². The number of rotatable bonds is 1. The molecule has 1 aliphatic carbocycles. The van der Waals surface area contributed by atoms with E-state index in [1.54, 1.807) is 6.07 Å². The lowest BCUT2D eigenvalue weighted by atomic mass is 10.1. The van der Waals surface area contributed by atoms with Crippen LogP contribution in [0.15, 0.2) is 18.2 Å². The van der Waals surface area contributed by atoms with Crippen LogP contribution in [-0.2, 0) is 6.42 Å². The Kier molecular flexibility index (Phi) is 1.83. The van der Waals surface area contributed by atoms with Gasteiger partial charge in [-0.1, -0.05) is 12.1 Å². The van der Waals surface area contributed by atoms with Gasteiger partial charge in [0, 0.05) is 6.04 Å². The van der Waals surface area contributed by atoms with Gasteiger partial charge in [0.1, 0.15) is 5.82 Å². The zero-order valence-corrected chi connectivity index (χ0v) is 6.68. The van der Waals surface area contributed by atoms with E-state index in [0.29, 0.717) is 0 Å². The van der Waals surface area contributed by atoms with Crippen molar-refractivity contribution >= 4 is 0 Å². The van der Waals surface area contributed by atoms with Crippen molar-refractivity contribution < 1.29 is 4.39 Å². The molecule has 12 heavy (non-hydrogen) atoms.